The molecule has 2 heterocycles. The normalized spacial score (nSPS) is 16.4. The maximum Gasteiger partial charge on any atom is 0.243 e. The molecule has 0 aromatic heterocycles. The van der Waals surface area contributed by atoms with Crippen molar-refractivity contribution in [3.05, 3.63) is 77.9 Å². The summed E-state index contributed by atoms with van der Waals surface area (Å²) in [5.41, 5.74) is 2.66. The van der Waals surface area contributed by atoms with Crippen LogP contribution in [0.4, 0.5) is 5.69 Å². The molecular weight excluding hydrogens is 450 g/mol. The Balaban J connectivity index is 1.50. The van der Waals surface area contributed by atoms with Gasteiger partial charge in [-0.1, -0.05) is 24.3 Å². The predicted molar refractivity (Wildman–Crippen MR) is 132 cm³/mol. The van der Waals surface area contributed by atoms with Crippen LogP contribution in [0.25, 0.3) is 0 Å². The molecule has 34 heavy (non-hydrogen) atoms. The van der Waals surface area contributed by atoms with E-state index in [0.29, 0.717) is 54.7 Å². The fourth-order valence-electron chi connectivity index (χ4n) is 4.32. The summed E-state index contributed by atoms with van der Waals surface area (Å²) in [4.78, 5) is 7.47. The minimum Gasteiger partial charge on any atom is -0.497 e. The third kappa shape index (κ3) is 4.26. The third-order valence-electron chi connectivity index (χ3n) is 6.12. The van der Waals surface area contributed by atoms with Gasteiger partial charge in [-0.05, 0) is 61.4 Å². The fraction of sp³-hybridized carbons (Fsp3) is 0.269. The number of fused-ring (bicyclic) bond motifs is 2. The van der Waals surface area contributed by atoms with Crippen LogP contribution in [0.5, 0.6) is 17.2 Å². The van der Waals surface area contributed by atoms with Crippen molar-refractivity contribution in [2.75, 3.05) is 33.3 Å². The van der Waals surface area contributed by atoms with E-state index in [2.05, 4.69) is 4.90 Å². The van der Waals surface area contributed by atoms with E-state index in [4.69, 9.17) is 14.5 Å². The van der Waals surface area contributed by atoms with Gasteiger partial charge in [0.25, 0.3) is 0 Å². The van der Waals surface area contributed by atoms with E-state index < -0.39 is 10.0 Å². The van der Waals surface area contributed by atoms with Gasteiger partial charge in [0.05, 0.1) is 17.6 Å². The Kier molecular flexibility index (Phi) is 6.02. The molecule has 0 saturated carbocycles. The van der Waals surface area contributed by atoms with Crippen LogP contribution in [0.2, 0.25) is 0 Å². The summed E-state index contributed by atoms with van der Waals surface area (Å²) < 4.78 is 39.7. The lowest BCUT2D eigenvalue weighted by Crippen LogP contribution is -2.37. The molecule has 3 aromatic carbocycles. The van der Waals surface area contributed by atoms with Crippen molar-refractivity contribution >= 4 is 21.5 Å². The molecular formula is C26H27N3O4S. The average molecular weight is 478 g/mol. The molecule has 1 fully saturated rings. The first-order chi connectivity index (χ1) is 16.5. The van der Waals surface area contributed by atoms with E-state index in [1.165, 1.54) is 0 Å². The maximum absolute atomic E-state index is 13.2. The molecule has 176 valence electrons. The van der Waals surface area contributed by atoms with Gasteiger partial charge in [-0.3, -0.25) is 0 Å². The zero-order valence-electron chi connectivity index (χ0n) is 19.3. The van der Waals surface area contributed by atoms with Crippen molar-refractivity contribution in [2.45, 2.75) is 18.2 Å². The number of nitrogens with zero attached hydrogens (tertiary/aromatic N) is 3. The van der Waals surface area contributed by atoms with Crippen molar-refractivity contribution in [3.8, 4) is 17.2 Å². The SMILES string of the molecule is COc1ccc2c(c1)C(N1CCCN(S(=O)(=O)c3ccccc3)CC1)=Nc1ccc(C)cc1O2. The minimum absolute atomic E-state index is 0.322. The fourth-order valence-corrected chi connectivity index (χ4v) is 5.81. The molecule has 1 saturated heterocycles. The second-order valence-corrected chi connectivity index (χ2v) is 10.4. The number of aryl methyl sites for hydroxylation is 1. The summed E-state index contributed by atoms with van der Waals surface area (Å²) in [5, 5.41) is 0. The van der Waals surface area contributed by atoms with Crippen molar-refractivity contribution in [1.82, 2.24) is 9.21 Å². The Bertz CT molecular complexity index is 1340. The molecule has 0 atom stereocenters. The first-order valence-electron chi connectivity index (χ1n) is 11.3. The standard InChI is InChI=1S/C26H27N3O4S/c1-19-9-11-23-25(17-19)33-24-12-10-20(32-2)18-22(24)26(27-23)28-13-6-14-29(16-15-28)34(30,31)21-7-4-3-5-8-21/h3-5,7-12,17-18H,6,13-16H2,1-2H3. The highest BCUT2D eigenvalue weighted by molar-refractivity contribution is 7.89. The molecule has 8 heteroatoms. The number of ether oxygens (including phenoxy) is 2. The molecule has 7 nitrogen and oxygen atoms in total. The Hall–Kier alpha value is -3.36. The van der Waals surface area contributed by atoms with E-state index in [0.717, 1.165) is 22.6 Å². The molecule has 0 amide bonds. The molecule has 2 aliphatic rings. The second kappa shape index (κ2) is 9.12. The molecule has 0 bridgehead atoms. The van der Waals surface area contributed by atoms with Crippen molar-refractivity contribution in [2.24, 2.45) is 4.99 Å². The van der Waals surface area contributed by atoms with Crippen molar-refractivity contribution < 1.29 is 17.9 Å². The largest absolute Gasteiger partial charge is 0.497 e. The van der Waals surface area contributed by atoms with Crippen LogP contribution >= 0.6 is 0 Å². The number of hydrogen-bond donors (Lipinski definition) is 0. The average Bonchev–Trinajstić information content (AvgIpc) is 3.19. The topological polar surface area (TPSA) is 71.4 Å². The first-order valence-corrected chi connectivity index (χ1v) is 12.8. The van der Waals surface area contributed by atoms with E-state index >= 15 is 0 Å². The van der Waals surface area contributed by atoms with Crippen molar-refractivity contribution in [1.29, 1.82) is 0 Å². The monoisotopic (exact) mass is 477 g/mol. The Morgan fingerprint density at radius 1 is 0.912 bits per heavy atom. The maximum atomic E-state index is 13.2. The summed E-state index contributed by atoms with van der Waals surface area (Å²) >= 11 is 0. The summed E-state index contributed by atoms with van der Waals surface area (Å²) in [6.45, 7) is 4.04. The molecule has 0 aliphatic carbocycles. The van der Waals surface area contributed by atoms with E-state index in [9.17, 15) is 8.42 Å². The van der Waals surface area contributed by atoms with Crippen LogP contribution < -0.4 is 9.47 Å². The minimum atomic E-state index is -3.55. The highest BCUT2D eigenvalue weighted by Gasteiger charge is 2.30. The zero-order chi connectivity index (χ0) is 23.7. The van der Waals surface area contributed by atoms with Gasteiger partial charge in [-0.2, -0.15) is 4.31 Å². The Morgan fingerprint density at radius 2 is 1.74 bits per heavy atom. The number of benzene rings is 3. The molecule has 0 spiro atoms. The number of methoxy groups -OCH3 is 1. The van der Waals surface area contributed by atoms with Gasteiger partial charge < -0.3 is 14.4 Å². The summed E-state index contributed by atoms with van der Waals surface area (Å²) in [6, 6.07) is 20.2. The quantitative estimate of drug-likeness (QED) is 0.552. The highest BCUT2D eigenvalue weighted by atomic mass is 32.2. The summed E-state index contributed by atoms with van der Waals surface area (Å²) in [7, 11) is -1.92. The van der Waals surface area contributed by atoms with Crippen LogP contribution in [0, 0.1) is 6.92 Å². The Labute approximate surface area is 200 Å². The Morgan fingerprint density at radius 3 is 2.53 bits per heavy atom. The number of hydrogen-bond acceptors (Lipinski definition) is 6. The molecule has 5 rings (SSSR count). The van der Waals surface area contributed by atoms with Crippen LogP contribution in [0.3, 0.4) is 0 Å². The van der Waals surface area contributed by atoms with Crippen LogP contribution in [0.1, 0.15) is 17.5 Å². The lowest BCUT2D eigenvalue weighted by atomic mass is 10.1. The van der Waals surface area contributed by atoms with Gasteiger partial charge >= 0.3 is 0 Å². The number of rotatable bonds is 3. The first kappa shape index (κ1) is 22.4. The number of sulfonamides is 1. The van der Waals surface area contributed by atoms with Crippen LogP contribution in [0.15, 0.2) is 76.6 Å². The van der Waals surface area contributed by atoms with E-state index in [1.807, 2.05) is 49.4 Å². The van der Waals surface area contributed by atoms with Gasteiger partial charge in [0.2, 0.25) is 10.0 Å². The second-order valence-electron chi connectivity index (χ2n) is 8.43. The van der Waals surface area contributed by atoms with Gasteiger partial charge in [0.1, 0.15) is 23.0 Å². The summed E-state index contributed by atoms with van der Waals surface area (Å²) in [6.07, 6.45) is 0.687. The molecule has 3 aromatic rings. The van der Waals surface area contributed by atoms with Gasteiger partial charge in [-0.25, -0.2) is 13.4 Å². The lowest BCUT2D eigenvalue weighted by Gasteiger charge is -2.25. The van der Waals surface area contributed by atoms with E-state index in [-0.39, 0.29) is 0 Å². The predicted octanol–water partition coefficient (Wildman–Crippen LogP) is 4.58. The van der Waals surface area contributed by atoms with E-state index in [1.54, 1.807) is 35.7 Å². The smallest absolute Gasteiger partial charge is 0.243 e. The zero-order valence-corrected chi connectivity index (χ0v) is 20.1. The lowest BCUT2D eigenvalue weighted by molar-refractivity contribution is 0.405. The van der Waals surface area contributed by atoms with Crippen LogP contribution in [-0.4, -0.2) is 56.7 Å². The third-order valence-corrected chi connectivity index (χ3v) is 8.04. The van der Waals surface area contributed by atoms with Crippen LogP contribution in [-0.2, 0) is 10.0 Å². The molecule has 0 N–H and O–H groups in total. The van der Waals surface area contributed by atoms with Gasteiger partial charge in [0, 0.05) is 26.2 Å². The molecule has 0 radical (unpaired) electrons. The number of aliphatic imine (C=N–C) groups is 1. The highest BCUT2D eigenvalue weighted by Crippen LogP contribution is 2.40. The summed E-state index contributed by atoms with van der Waals surface area (Å²) in [5.74, 6) is 2.86. The molecule has 0 unspecified atom stereocenters. The van der Waals surface area contributed by atoms with Gasteiger partial charge in [-0.15, -0.1) is 0 Å². The molecule has 2 aliphatic heterocycles. The van der Waals surface area contributed by atoms with Crippen molar-refractivity contribution in [3.63, 3.8) is 0 Å². The van der Waals surface area contributed by atoms with Gasteiger partial charge in [0.15, 0.2) is 5.75 Å². The number of amidine groups is 1.